The number of fused-ring (bicyclic) bond motifs is 1. The molecular formula is C26H30N4O5S. The number of sulfonamides is 1. The highest BCUT2D eigenvalue weighted by Gasteiger charge is 2.34. The number of hydrogen-bond acceptors (Lipinski definition) is 5. The van der Waals surface area contributed by atoms with Gasteiger partial charge in [-0.1, -0.05) is 50.2 Å². The Hall–Kier alpha value is -3.50. The van der Waals surface area contributed by atoms with E-state index in [1.54, 1.807) is 38.1 Å². The summed E-state index contributed by atoms with van der Waals surface area (Å²) < 4.78 is 27.1. The van der Waals surface area contributed by atoms with E-state index in [0.29, 0.717) is 18.5 Å². The second kappa shape index (κ2) is 10.6. The van der Waals surface area contributed by atoms with Crippen molar-refractivity contribution in [3.05, 3.63) is 66.4 Å². The van der Waals surface area contributed by atoms with Crippen LogP contribution < -0.4 is 10.6 Å². The van der Waals surface area contributed by atoms with Gasteiger partial charge in [0.15, 0.2) is 5.78 Å². The number of carbonyl (C=O) groups is 3. The van der Waals surface area contributed by atoms with Crippen molar-refractivity contribution in [1.29, 1.82) is 0 Å². The zero-order chi connectivity index (χ0) is 25.9. The number of rotatable bonds is 7. The summed E-state index contributed by atoms with van der Waals surface area (Å²) in [6.45, 7) is 3.47. The molecule has 2 atom stereocenters. The number of amides is 2. The first-order valence-corrected chi connectivity index (χ1v) is 13.4. The van der Waals surface area contributed by atoms with Crippen molar-refractivity contribution in [1.82, 2.24) is 19.9 Å². The molecular weight excluding hydrogens is 480 g/mol. The minimum Gasteiger partial charge on any atom is -0.351 e. The lowest BCUT2D eigenvalue weighted by Crippen LogP contribution is -2.54. The van der Waals surface area contributed by atoms with Crippen LogP contribution in [0.25, 0.3) is 10.9 Å². The number of Topliss-reactive ketones (excluding diaryl/α,β-unsaturated/α-hetero) is 1. The molecule has 2 unspecified atom stereocenters. The number of aromatic nitrogens is 1. The maximum atomic E-state index is 13.1. The van der Waals surface area contributed by atoms with Gasteiger partial charge in [-0.05, 0) is 43.0 Å². The van der Waals surface area contributed by atoms with E-state index in [0.717, 1.165) is 15.2 Å². The zero-order valence-corrected chi connectivity index (χ0v) is 21.0. The summed E-state index contributed by atoms with van der Waals surface area (Å²) in [6, 6.07) is 15.5. The molecule has 0 spiro atoms. The fraction of sp³-hybridized carbons (Fsp3) is 0.346. The summed E-state index contributed by atoms with van der Waals surface area (Å²) in [6.07, 6.45) is 0.725. The third kappa shape index (κ3) is 5.50. The van der Waals surface area contributed by atoms with E-state index in [4.69, 9.17) is 0 Å². The van der Waals surface area contributed by atoms with Gasteiger partial charge in [-0.2, -0.15) is 4.31 Å². The molecule has 0 saturated carbocycles. The number of H-pyrrole nitrogens is 1. The average molecular weight is 511 g/mol. The summed E-state index contributed by atoms with van der Waals surface area (Å²) in [4.78, 5) is 42.1. The van der Waals surface area contributed by atoms with Crippen molar-refractivity contribution in [2.24, 2.45) is 5.92 Å². The van der Waals surface area contributed by atoms with Gasteiger partial charge in [0.2, 0.25) is 15.9 Å². The molecule has 190 valence electrons. The lowest BCUT2D eigenvalue weighted by molar-refractivity contribution is -0.129. The first kappa shape index (κ1) is 25.6. The van der Waals surface area contributed by atoms with Crippen molar-refractivity contribution >= 4 is 38.5 Å². The number of aromatic amines is 1. The van der Waals surface area contributed by atoms with E-state index in [9.17, 15) is 22.8 Å². The molecule has 0 bridgehead atoms. The SMILES string of the molecule is CC(C)C(NC(=O)c1cc2ccccc2[nH]1)C(=O)NC1CCCN(S(=O)(=O)c2ccccc2)CC1=O. The topological polar surface area (TPSA) is 128 Å². The Morgan fingerprint density at radius 3 is 2.44 bits per heavy atom. The predicted molar refractivity (Wildman–Crippen MR) is 136 cm³/mol. The molecule has 9 nitrogen and oxygen atoms in total. The Morgan fingerprint density at radius 2 is 1.75 bits per heavy atom. The Bertz CT molecular complexity index is 1330. The summed E-state index contributed by atoms with van der Waals surface area (Å²) in [5, 5.41) is 6.40. The molecule has 2 heterocycles. The Kier molecular flexibility index (Phi) is 7.56. The predicted octanol–water partition coefficient (Wildman–Crippen LogP) is 2.46. The molecule has 0 aliphatic carbocycles. The van der Waals surface area contributed by atoms with Gasteiger partial charge in [0.1, 0.15) is 11.7 Å². The second-order valence-corrected chi connectivity index (χ2v) is 11.2. The number of ketones is 1. The van der Waals surface area contributed by atoms with E-state index in [2.05, 4.69) is 15.6 Å². The van der Waals surface area contributed by atoms with Crippen molar-refractivity contribution in [2.75, 3.05) is 13.1 Å². The largest absolute Gasteiger partial charge is 0.351 e. The van der Waals surface area contributed by atoms with Crippen LogP contribution in [0.5, 0.6) is 0 Å². The Morgan fingerprint density at radius 1 is 1.06 bits per heavy atom. The van der Waals surface area contributed by atoms with Crippen LogP contribution in [0, 0.1) is 5.92 Å². The molecule has 1 saturated heterocycles. The first-order valence-electron chi connectivity index (χ1n) is 11.9. The molecule has 2 aromatic carbocycles. The van der Waals surface area contributed by atoms with Crippen molar-refractivity contribution < 1.29 is 22.8 Å². The number of nitrogens with zero attached hydrogens (tertiary/aromatic N) is 1. The molecule has 3 aromatic rings. The zero-order valence-electron chi connectivity index (χ0n) is 20.2. The Balaban J connectivity index is 1.43. The van der Waals surface area contributed by atoms with Crippen LogP contribution in [0.2, 0.25) is 0 Å². The molecule has 3 N–H and O–H groups in total. The third-order valence-corrected chi connectivity index (χ3v) is 8.19. The summed E-state index contributed by atoms with van der Waals surface area (Å²) >= 11 is 0. The normalized spacial score (nSPS) is 18.1. The van der Waals surface area contributed by atoms with E-state index in [1.807, 2.05) is 24.3 Å². The molecule has 10 heteroatoms. The van der Waals surface area contributed by atoms with E-state index in [-0.39, 0.29) is 29.7 Å². The van der Waals surface area contributed by atoms with Crippen LogP contribution >= 0.6 is 0 Å². The highest BCUT2D eigenvalue weighted by atomic mass is 32.2. The highest BCUT2D eigenvalue weighted by Crippen LogP contribution is 2.20. The molecule has 0 radical (unpaired) electrons. The number of benzene rings is 2. The smallest absolute Gasteiger partial charge is 0.268 e. The van der Waals surface area contributed by atoms with E-state index in [1.165, 1.54) is 12.1 Å². The fourth-order valence-corrected chi connectivity index (χ4v) is 5.77. The third-order valence-electron chi connectivity index (χ3n) is 6.33. The van der Waals surface area contributed by atoms with Gasteiger partial charge in [-0.15, -0.1) is 0 Å². The van der Waals surface area contributed by atoms with Crippen LogP contribution in [0.15, 0.2) is 65.6 Å². The molecule has 1 aliphatic rings. The summed E-state index contributed by atoms with van der Waals surface area (Å²) in [5.41, 5.74) is 1.15. The summed E-state index contributed by atoms with van der Waals surface area (Å²) in [5.74, 6) is -1.53. The van der Waals surface area contributed by atoms with E-state index >= 15 is 0 Å². The van der Waals surface area contributed by atoms with Gasteiger partial charge in [0.05, 0.1) is 17.5 Å². The summed E-state index contributed by atoms with van der Waals surface area (Å²) in [7, 11) is -3.82. The monoisotopic (exact) mass is 510 g/mol. The van der Waals surface area contributed by atoms with Gasteiger partial charge in [0, 0.05) is 17.4 Å². The number of carbonyl (C=O) groups excluding carboxylic acids is 3. The standard InChI is InChI=1S/C26H30N4O5S/c1-17(2)24(29-25(32)22-15-18-9-6-7-12-20(18)27-22)26(33)28-21-13-8-14-30(16-23(21)31)36(34,35)19-10-4-3-5-11-19/h3-7,9-12,15,17,21,24,27H,8,13-14,16H2,1-2H3,(H,28,33)(H,29,32). The van der Waals surface area contributed by atoms with Crippen LogP contribution in [-0.4, -0.2) is 60.5 Å². The minimum atomic E-state index is -3.82. The van der Waals surface area contributed by atoms with Gasteiger partial charge in [-0.3, -0.25) is 14.4 Å². The van der Waals surface area contributed by atoms with E-state index < -0.39 is 33.9 Å². The quantitative estimate of drug-likeness (QED) is 0.450. The minimum absolute atomic E-state index is 0.125. The van der Waals surface area contributed by atoms with Gasteiger partial charge in [0.25, 0.3) is 5.91 Å². The van der Waals surface area contributed by atoms with Gasteiger partial charge >= 0.3 is 0 Å². The van der Waals surface area contributed by atoms with Crippen molar-refractivity contribution in [3.63, 3.8) is 0 Å². The van der Waals surface area contributed by atoms with Crippen LogP contribution in [0.3, 0.4) is 0 Å². The maximum Gasteiger partial charge on any atom is 0.268 e. The van der Waals surface area contributed by atoms with Crippen LogP contribution in [-0.2, 0) is 19.6 Å². The lowest BCUT2D eigenvalue weighted by atomic mass is 10.0. The first-order chi connectivity index (χ1) is 17.2. The van der Waals surface area contributed by atoms with Gasteiger partial charge < -0.3 is 15.6 Å². The molecule has 1 fully saturated rings. The lowest BCUT2D eigenvalue weighted by Gasteiger charge is -2.24. The molecule has 2 amide bonds. The molecule has 1 aliphatic heterocycles. The van der Waals surface area contributed by atoms with Crippen LogP contribution in [0.4, 0.5) is 0 Å². The van der Waals surface area contributed by atoms with Crippen molar-refractivity contribution in [2.45, 2.75) is 43.7 Å². The molecule has 4 rings (SSSR count). The second-order valence-electron chi connectivity index (χ2n) is 9.29. The molecule has 36 heavy (non-hydrogen) atoms. The fourth-order valence-electron chi connectivity index (χ4n) is 4.31. The molecule has 1 aromatic heterocycles. The Labute approximate surface area is 210 Å². The van der Waals surface area contributed by atoms with Crippen LogP contribution in [0.1, 0.15) is 37.2 Å². The number of para-hydroxylation sites is 1. The number of hydrogen-bond donors (Lipinski definition) is 3. The van der Waals surface area contributed by atoms with Gasteiger partial charge in [-0.25, -0.2) is 8.42 Å². The highest BCUT2D eigenvalue weighted by molar-refractivity contribution is 7.89. The van der Waals surface area contributed by atoms with Crippen molar-refractivity contribution in [3.8, 4) is 0 Å². The number of nitrogens with one attached hydrogen (secondary N) is 3. The maximum absolute atomic E-state index is 13.1. The average Bonchev–Trinajstić information content (AvgIpc) is 3.21.